The molecule has 4 rings (SSSR count). The zero-order valence-corrected chi connectivity index (χ0v) is 20.9. The summed E-state index contributed by atoms with van der Waals surface area (Å²) in [5.41, 5.74) is -0.394. The van der Waals surface area contributed by atoms with Crippen molar-refractivity contribution < 1.29 is 22.4 Å². The van der Waals surface area contributed by atoms with Crippen LogP contribution in [-0.2, 0) is 11.0 Å². The third kappa shape index (κ3) is 6.19. The number of benzene rings is 2. The molecule has 2 heterocycles. The molecule has 36 heavy (non-hydrogen) atoms. The van der Waals surface area contributed by atoms with E-state index in [4.69, 9.17) is 11.6 Å². The third-order valence-electron chi connectivity index (χ3n) is 5.94. The second-order valence-corrected chi connectivity index (χ2v) is 9.80. The Balaban J connectivity index is 1.53. The second kappa shape index (κ2) is 11.2. The number of nitrogens with one attached hydrogen (secondary N) is 1. The van der Waals surface area contributed by atoms with E-state index in [0.29, 0.717) is 16.7 Å². The molecule has 3 aromatic rings. The van der Waals surface area contributed by atoms with Crippen molar-refractivity contribution in [3.05, 3.63) is 64.7 Å². The van der Waals surface area contributed by atoms with Gasteiger partial charge in [0.15, 0.2) is 11.0 Å². The summed E-state index contributed by atoms with van der Waals surface area (Å²) in [5.74, 6) is -0.359. The first-order valence-electron chi connectivity index (χ1n) is 11.4. The van der Waals surface area contributed by atoms with Crippen LogP contribution in [0.5, 0.6) is 0 Å². The Morgan fingerprint density at radius 1 is 1.11 bits per heavy atom. The van der Waals surface area contributed by atoms with Crippen LogP contribution in [0.15, 0.2) is 47.6 Å². The van der Waals surface area contributed by atoms with Crippen molar-refractivity contribution in [2.24, 2.45) is 0 Å². The number of hydrogen-bond acceptors (Lipinski definition) is 5. The lowest BCUT2D eigenvalue weighted by Gasteiger charge is -2.31. The molecule has 1 atom stereocenters. The van der Waals surface area contributed by atoms with Gasteiger partial charge in [0, 0.05) is 11.4 Å². The van der Waals surface area contributed by atoms with Crippen molar-refractivity contribution >= 4 is 35.0 Å². The van der Waals surface area contributed by atoms with Gasteiger partial charge in [0.1, 0.15) is 5.82 Å². The van der Waals surface area contributed by atoms with Crippen molar-refractivity contribution in [1.29, 1.82) is 0 Å². The van der Waals surface area contributed by atoms with Gasteiger partial charge in [-0.1, -0.05) is 29.8 Å². The standard InChI is InChI=1S/C24H24ClF4N5OS/c1-15(33-11-3-2-4-12-33)22-31-32-23(34(22)18-8-5-16(26)6-9-18)36-14-21(35)30-17-7-10-20(25)19(13-17)24(27,28)29/h5-10,13,15H,2-4,11-12,14H2,1H3,(H,30,35). The molecule has 1 fully saturated rings. The average molecular weight is 542 g/mol. The Morgan fingerprint density at radius 2 is 1.81 bits per heavy atom. The van der Waals surface area contributed by atoms with E-state index in [-0.39, 0.29) is 23.3 Å². The average Bonchev–Trinajstić information content (AvgIpc) is 3.27. The number of halogens is 5. The smallest absolute Gasteiger partial charge is 0.325 e. The Bertz CT molecular complexity index is 1210. The van der Waals surface area contributed by atoms with E-state index in [1.807, 2.05) is 6.92 Å². The molecule has 12 heteroatoms. The summed E-state index contributed by atoms with van der Waals surface area (Å²) in [6, 6.07) is 9.04. The lowest BCUT2D eigenvalue weighted by Crippen LogP contribution is -2.33. The zero-order valence-electron chi connectivity index (χ0n) is 19.4. The van der Waals surface area contributed by atoms with Crippen LogP contribution in [0.25, 0.3) is 5.69 Å². The Morgan fingerprint density at radius 3 is 2.47 bits per heavy atom. The number of thioether (sulfide) groups is 1. The first-order valence-corrected chi connectivity index (χ1v) is 12.7. The van der Waals surface area contributed by atoms with Crippen LogP contribution in [0.2, 0.25) is 5.02 Å². The van der Waals surface area contributed by atoms with Gasteiger partial charge in [0.2, 0.25) is 5.91 Å². The van der Waals surface area contributed by atoms with E-state index >= 15 is 0 Å². The third-order valence-corrected chi connectivity index (χ3v) is 7.20. The molecule has 0 aliphatic carbocycles. The van der Waals surface area contributed by atoms with Crippen molar-refractivity contribution in [3.63, 3.8) is 0 Å². The van der Waals surface area contributed by atoms with Gasteiger partial charge < -0.3 is 5.32 Å². The van der Waals surface area contributed by atoms with Crippen LogP contribution in [-0.4, -0.2) is 44.4 Å². The Labute approximate surface area is 215 Å². The summed E-state index contributed by atoms with van der Waals surface area (Å²) < 4.78 is 54.7. The number of piperidine rings is 1. The summed E-state index contributed by atoms with van der Waals surface area (Å²) in [6.45, 7) is 3.90. The molecule has 1 amide bonds. The molecule has 2 aromatic carbocycles. The van der Waals surface area contributed by atoms with E-state index in [2.05, 4.69) is 20.4 Å². The van der Waals surface area contributed by atoms with E-state index < -0.39 is 22.7 Å². The van der Waals surface area contributed by atoms with Crippen LogP contribution in [0.1, 0.15) is 43.6 Å². The van der Waals surface area contributed by atoms with Crippen LogP contribution in [0.3, 0.4) is 0 Å². The predicted octanol–water partition coefficient (Wildman–Crippen LogP) is 6.36. The van der Waals surface area contributed by atoms with Crippen molar-refractivity contribution in [2.45, 2.75) is 43.6 Å². The number of hydrogen-bond donors (Lipinski definition) is 1. The SMILES string of the molecule is CC(c1nnc(SCC(=O)Nc2ccc(Cl)c(C(F)(F)F)c2)n1-c1ccc(F)cc1)N1CCCCC1. The highest BCUT2D eigenvalue weighted by Crippen LogP contribution is 2.36. The van der Waals surface area contributed by atoms with Crippen molar-refractivity contribution in [1.82, 2.24) is 19.7 Å². The predicted molar refractivity (Wildman–Crippen MR) is 131 cm³/mol. The molecule has 0 saturated carbocycles. The Kier molecular flexibility index (Phi) is 8.21. The summed E-state index contributed by atoms with van der Waals surface area (Å²) in [6.07, 6.45) is -1.27. The topological polar surface area (TPSA) is 63.1 Å². The summed E-state index contributed by atoms with van der Waals surface area (Å²) >= 11 is 6.73. The van der Waals surface area contributed by atoms with Gasteiger partial charge in [-0.15, -0.1) is 10.2 Å². The van der Waals surface area contributed by atoms with Crippen LogP contribution in [0.4, 0.5) is 23.2 Å². The molecule has 1 unspecified atom stereocenters. The number of carbonyl (C=O) groups is 1. The fraction of sp³-hybridized carbons (Fsp3) is 0.375. The van der Waals surface area contributed by atoms with Crippen LogP contribution >= 0.6 is 23.4 Å². The number of amides is 1. The minimum absolute atomic E-state index is 0.0169. The van der Waals surface area contributed by atoms with Gasteiger partial charge in [0.25, 0.3) is 0 Å². The minimum atomic E-state index is -4.64. The highest BCUT2D eigenvalue weighted by Gasteiger charge is 2.33. The van der Waals surface area contributed by atoms with Crippen LogP contribution < -0.4 is 5.32 Å². The molecule has 1 aliphatic rings. The molecule has 1 aromatic heterocycles. The first-order chi connectivity index (χ1) is 17.1. The largest absolute Gasteiger partial charge is 0.417 e. The van der Waals surface area contributed by atoms with E-state index in [1.54, 1.807) is 16.7 Å². The maximum absolute atomic E-state index is 13.6. The summed E-state index contributed by atoms with van der Waals surface area (Å²) in [5, 5.41) is 11.1. The number of anilines is 1. The lowest BCUT2D eigenvalue weighted by atomic mass is 10.1. The van der Waals surface area contributed by atoms with Crippen molar-refractivity contribution in [3.8, 4) is 5.69 Å². The highest BCUT2D eigenvalue weighted by atomic mass is 35.5. The number of alkyl halides is 3. The highest BCUT2D eigenvalue weighted by molar-refractivity contribution is 7.99. The molecule has 1 N–H and O–H groups in total. The normalized spacial score (nSPS) is 15.6. The molecule has 1 aliphatic heterocycles. The summed E-state index contributed by atoms with van der Waals surface area (Å²) in [7, 11) is 0. The van der Waals surface area contributed by atoms with Gasteiger partial charge in [-0.2, -0.15) is 13.2 Å². The second-order valence-electron chi connectivity index (χ2n) is 8.45. The number of rotatable bonds is 7. The zero-order chi connectivity index (χ0) is 25.9. The lowest BCUT2D eigenvalue weighted by molar-refractivity contribution is -0.137. The van der Waals surface area contributed by atoms with E-state index in [9.17, 15) is 22.4 Å². The van der Waals surface area contributed by atoms with Gasteiger partial charge >= 0.3 is 6.18 Å². The van der Waals surface area contributed by atoms with Crippen LogP contribution in [0, 0.1) is 5.82 Å². The molecule has 0 bridgehead atoms. The van der Waals surface area contributed by atoms with Gasteiger partial charge in [0.05, 0.1) is 22.4 Å². The van der Waals surface area contributed by atoms with E-state index in [0.717, 1.165) is 49.8 Å². The molecule has 0 spiro atoms. The minimum Gasteiger partial charge on any atom is -0.325 e. The molecular weight excluding hydrogens is 518 g/mol. The maximum Gasteiger partial charge on any atom is 0.417 e. The van der Waals surface area contributed by atoms with Gasteiger partial charge in [-0.25, -0.2) is 4.39 Å². The number of carbonyl (C=O) groups excluding carboxylic acids is 1. The number of aromatic nitrogens is 3. The quantitative estimate of drug-likeness (QED) is 0.279. The number of likely N-dealkylation sites (tertiary alicyclic amines) is 1. The molecule has 6 nitrogen and oxygen atoms in total. The van der Waals surface area contributed by atoms with Gasteiger partial charge in [-0.05, 0) is 75.3 Å². The molecule has 192 valence electrons. The molecule has 0 radical (unpaired) electrons. The van der Waals surface area contributed by atoms with E-state index in [1.165, 1.54) is 24.6 Å². The maximum atomic E-state index is 13.6. The fourth-order valence-corrected chi connectivity index (χ4v) is 5.08. The number of nitrogens with zero attached hydrogens (tertiary/aromatic N) is 4. The molecular formula is C24H24ClF4N5OS. The Hall–Kier alpha value is -2.63. The van der Waals surface area contributed by atoms with Crippen molar-refractivity contribution in [2.75, 3.05) is 24.2 Å². The summed E-state index contributed by atoms with van der Waals surface area (Å²) in [4.78, 5) is 14.9. The monoisotopic (exact) mass is 541 g/mol. The van der Waals surface area contributed by atoms with Gasteiger partial charge in [-0.3, -0.25) is 14.3 Å². The first kappa shape index (κ1) is 26.4. The fourth-order valence-electron chi connectivity index (χ4n) is 4.09. The molecule has 1 saturated heterocycles.